The fraction of sp³-hybridized carbons (Fsp3) is 0.271. The van der Waals surface area contributed by atoms with Crippen LogP contribution in [0.4, 0.5) is 28.6 Å². The summed E-state index contributed by atoms with van der Waals surface area (Å²) in [6.45, 7) is 3.84. The van der Waals surface area contributed by atoms with Gasteiger partial charge in [0.05, 0.1) is 45.1 Å². The molecule has 4 aromatic carbocycles. The van der Waals surface area contributed by atoms with Gasteiger partial charge in [-0.05, 0) is 128 Å². The minimum Gasteiger partial charge on any atom is -0.508 e. The molecule has 2 aliphatic carbocycles. The Balaban J connectivity index is 0.981. The van der Waals surface area contributed by atoms with Crippen LogP contribution in [0.1, 0.15) is 36.8 Å². The molecule has 1 N–H and O–H groups in total. The number of thiophene rings is 1. The summed E-state index contributed by atoms with van der Waals surface area (Å²) in [6, 6.07) is 28.8. The first-order valence-corrected chi connectivity index (χ1v) is 21.7. The molecule has 2 aliphatic heterocycles. The van der Waals surface area contributed by atoms with Gasteiger partial charge in [-0.3, -0.25) is 28.8 Å². The van der Waals surface area contributed by atoms with E-state index in [-0.39, 0.29) is 35.8 Å². The molecule has 4 heterocycles. The molecule has 0 unspecified atom stereocenters. The predicted octanol–water partition coefficient (Wildman–Crippen LogP) is 9.89. The highest BCUT2D eigenvalue weighted by Crippen LogP contribution is 2.64. The normalized spacial score (nSPS) is 24.5. The molecule has 0 spiro atoms. The van der Waals surface area contributed by atoms with Crippen LogP contribution >= 0.6 is 22.9 Å². The van der Waals surface area contributed by atoms with Crippen molar-refractivity contribution in [1.82, 2.24) is 9.78 Å². The lowest BCUT2D eigenvalue weighted by Crippen LogP contribution is -2.48. The minimum absolute atomic E-state index is 0.0208. The van der Waals surface area contributed by atoms with E-state index in [0.717, 1.165) is 31.8 Å². The summed E-state index contributed by atoms with van der Waals surface area (Å²) in [6.07, 6.45) is 2.50. The van der Waals surface area contributed by atoms with E-state index in [1.807, 2.05) is 87.4 Å². The Labute approximate surface area is 366 Å². The predicted molar refractivity (Wildman–Crippen MR) is 240 cm³/mol. The number of carbonyl (C=O) groups is 4. The van der Waals surface area contributed by atoms with Crippen molar-refractivity contribution in [3.05, 3.63) is 125 Å². The number of aryl methyl sites for hydroxylation is 2. The second-order valence-corrected chi connectivity index (χ2v) is 18.6. The molecule has 1 saturated carbocycles. The number of phenols is 1. The lowest BCUT2D eigenvalue weighted by molar-refractivity contribution is -0.131. The number of halogens is 1. The third-order valence-electron chi connectivity index (χ3n) is 13.4. The SMILES string of the molecule is Cc1c(-c2cc(N3C(=O)[C@@H]4C[C@@H]5C(=CC[C@@H]6C(=O)N(c7ccc(N=Nc8ccc(N(C)C)cc8)cc7)C(=O)[C@@H]65)[C@H](c5cccc(O)c5)[C@]4(C)C3=O)n(C)n2)sc2ccc(Cl)cc12. The van der Waals surface area contributed by atoms with E-state index in [1.54, 1.807) is 71.6 Å². The summed E-state index contributed by atoms with van der Waals surface area (Å²) in [5, 5.41) is 25.9. The number of benzene rings is 4. The monoisotopic (exact) mass is 863 g/mol. The number of allylic oxidation sites excluding steroid dienone is 2. The standard InChI is InChI=1S/C48H42ClN7O5S/c1-25-35-22-27(49)9-20-39(35)62-43(25)38-24-40(54(5)52-38)56-45(59)37-23-36-33(42(48(37,2)47(56)61)26-7-6-8-32(57)21-26)18-19-34-41(36)46(60)55(44(34)58)31-16-12-29(13-17-31)51-50-28-10-14-30(15-11-28)53(3)4/h6-18,20-22,24,34,36-37,41-42,57H,19,23H2,1-5H3/t34-,36+,37-,41-,42-,48+/m0/s1. The molecular weight excluding hydrogens is 822 g/mol. The smallest absolute Gasteiger partial charge is 0.242 e. The van der Waals surface area contributed by atoms with Crippen LogP contribution in [0.2, 0.25) is 5.02 Å². The third kappa shape index (κ3) is 6.04. The van der Waals surface area contributed by atoms with Crippen LogP contribution in [0.15, 0.2) is 119 Å². The van der Waals surface area contributed by atoms with Gasteiger partial charge in [0.15, 0.2) is 0 Å². The summed E-state index contributed by atoms with van der Waals surface area (Å²) < 4.78 is 2.62. The van der Waals surface area contributed by atoms with Crippen LogP contribution in [-0.4, -0.2) is 52.6 Å². The maximum atomic E-state index is 15.1. The molecule has 312 valence electrons. The van der Waals surface area contributed by atoms with Gasteiger partial charge in [-0.15, -0.1) is 11.3 Å². The summed E-state index contributed by atoms with van der Waals surface area (Å²) in [7, 11) is 5.65. The number of aromatic nitrogens is 2. The summed E-state index contributed by atoms with van der Waals surface area (Å²) in [5.41, 5.74) is 4.56. The van der Waals surface area contributed by atoms with Crippen LogP contribution in [-0.2, 0) is 26.2 Å². The fourth-order valence-corrected chi connectivity index (χ4v) is 11.7. The fourth-order valence-electron chi connectivity index (χ4n) is 10.4. The number of azo groups is 1. The summed E-state index contributed by atoms with van der Waals surface area (Å²) in [5.74, 6) is -4.45. The van der Waals surface area contributed by atoms with Gasteiger partial charge >= 0.3 is 0 Å². The number of amides is 4. The number of fused-ring (bicyclic) bond motifs is 5. The van der Waals surface area contributed by atoms with E-state index in [9.17, 15) is 19.5 Å². The van der Waals surface area contributed by atoms with Crippen LogP contribution in [0, 0.1) is 36.0 Å². The highest BCUT2D eigenvalue weighted by atomic mass is 35.5. The van der Waals surface area contributed by atoms with Gasteiger partial charge in [0.2, 0.25) is 23.6 Å². The maximum absolute atomic E-state index is 15.1. The highest BCUT2D eigenvalue weighted by molar-refractivity contribution is 7.22. The Morgan fingerprint density at radius 2 is 1.56 bits per heavy atom. The molecule has 62 heavy (non-hydrogen) atoms. The lowest BCUT2D eigenvalue weighted by atomic mass is 9.51. The second kappa shape index (κ2) is 14.6. The van der Waals surface area contributed by atoms with Gasteiger partial charge < -0.3 is 10.0 Å². The molecule has 0 bridgehead atoms. The van der Waals surface area contributed by atoms with E-state index in [4.69, 9.17) is 16.7 Å². The number of hydrogen-bond donors (Lipinski definition) is 1. The van der Waals surface area contributed by atoms with Crippen LogP contribution < -0.4 is 14.7 Å². The number of rotatable bonds is 7. The van der Waals surface area contributed by atoms with E-state index >= 15 is 4.79 Å². The van der Waals surface area contributed by atoms with Crippen LogP contribution in [0.5, 0.6) is 5.75 Å². The zero-order chi connectivity index (χ0) is 43.4. The molecule has 14 heteroatoms. The third-order valence-corrected chi connectivity index (χ3v) is 15.0. The Kier molecular flexibility index (Phi) is 9.34. The zero-order valence-electron chi connectivity index (χ0n) is 34.6. The van der Waals surface area contributed by atoms with Gasteiger partial charge in [0, 0.05) is 48.5 Å². The quantitative estimate of drug-likeness (QED) is 0.0957. The van der Waals surface area contributed by atoms with E-state index in [1.165, 1.54) is 9.80 Å². The molecule has 6 aromatic rings. The summed E-state index contributed by atoms with van der Waals surface area (Å²) in [4.78, 5) is 64.5. The van der Waals surface area contributed by atoms with Gasteiger partial charge in [0.1, 0.15) is 17.3 Å². The van der Waals surface area contributed by atoms with Crippen molar-refractivity contribution in [1.29, 1.82) is 0 Å². The molecule has 0 radical (unpaired) electrons. The van der Waals surface area contributed by atoms with Crippen molar-refractivity contribution in [2.24, 2.45) is 46.4 Å². The van der Waals surface area contributed by atoms with Crippen molar-refractivity contribution in [3.63, 3.8) is 0 Å². The van der Waals surface area contributed by atoms with Crippen molar-refractivity contribution in [2.75, 3.05) is 28.8 Å². The van der Waals surface area contributed by atoms with Gasteiger partial charge in [-0.25, -0.2) is 4.90 Å². The van der Waals surface area contributed by atoms with Crippen molar-refractivity contribution >= 4 is 85.2 Å². The first kappa shape index (κ1) is 39.7. The highest BCUT2D eigenvalue weighted by Gasteiger charge is 2.68. The topological polar surface area (TPSA) is 141 Å². The Morgan fingerprint density at radius 1 is 0.855 bits per heavy atom. The van der Waals surface area contributed by atoms with Crippen LogP contribution in [0.3, 0.4) is 0 Å². The Bertz CT molecular complexity index is 2940. The molecule has 4 amide bonds. The molecule has 2 saturated heterocycles. The van der Waals surface area contributed by atoms with Gasteiger partial charge in [-0.2, -0.15) is 15.3 Å². The van der Waals surface area contributed by atoms with E-state index < -0.39 is 35.0 Å². The Hall–Kier alpha value is -6.44. The number of phenolic OH excluding ortho intramolecular Hbond substituents is 1. The molecule has 3 fully saturated rings. The largest absolute Gasteiger partial charge is 0.508 e. The summed E-state index contributed by atoms with van der Waals surface area (Å²) >= 11 is 7.90. The molecule has 4 aliphatic rings. The molecule has 2 aromatic heterocycles. The van der Waals surface area contributed by atoms with Gasteiger partial charge in [0.25, 0.3) is 0 Å². The molecule has 12 nitrogen and oxygen atoms in total. The first-order valence-electron chi connectivity index (χ1n) is 20.5. The van der Waals surface area contributed by atoms with Crippen molar-refractivity contribution in [3.8, 4) is 16.3 Å². The van der Waals surface area contributed by atoms with E-state index in [0.29, 0.717) is 45.6 Å². The Morgan fingerprint density at radius 3 is 2.26 bits per heavy atom. The van der Waals surface area contributed by atoms with Gasteiger partial charge in [-0.1, -0.05) is 35.4 Å². The zero-order valence-corrected chi connectivity index (χ0v) is 36.2. The van der Waals surface area contributed by atoms with E-state index in [2.05, 4.69) is 10.2 Å². The number of aromatic hydroxyl groups is 1. The average Bonchev–Trinajstić information content (AvgIpc) is 3.93. The van der Waals surface area contributed by atoms with Crippen molar-refractivity contribution < 1.29 is 24.3 Å². The lowest BCUT2D eigenvalue weighted by Gasteiger charge is -2.49. The number of nitrogens with zero attached hydrogens (tertiary/aromatic N) is 7. The molecule has 10 rings (SSSR count). The average molecular weight is 864 g/mol. The number of imide groups is 2. The molecular formula is C48H42ClN7O5S. The number of carbonyl (C=O) groups excluding carboxylic acids is 4. The number of anilines is 3. The van der Waals surface area contributed by atoms with Crippen LogP contribution in [0.25, 0.3) is 20.7 Å². The first-order chi connectivity index (χ1) is 29.7. The van der Waals surface area contributed by atoms with Crippen molar-refractivity contribution in [2.45, 2.75) is 32.6 Å². The molecule has 6 atom stereocenters. The second-order valence-electron chi connectivity index (χ2n) is 17.1. The maximum Gasteiger partial charge on any atom is 0.242 e. The number of hydrogen-bond acceptors (Lipinski definition) is 10. The minimum atomic E-state index is -1.28.